The van der Waals surface area contributed by atoms with Crippen molar-refractivity contribution in [1.29, 1.82) is 0 Å². The van der Waals surface area contributed by atoms with Crippen molar-refractivity contribution in [3.63, 3.8) is 0 Å². The van der Waals surface area contributed by atoms with Crippen LogP contribution in [-0.2, 0) is 0 Å². The first-order valence-corrected chi connectivity index (χ1v) is 9.84. The van der Waals surface area contributed by atoms with Crippen LogP contribution in [0.1, 0.15) is 50.2 Å². The lowest BCUT2D eigenvalue weighted by Crippen LogP contribution is -2.67. The summed E-state index contributed by atoms with van der Waals surface area (Å²) < 4.78 is 0. The second-order valence-electron chi connectivity index (χ2n) is 8.23. The van der Waals surface area contributed by atoms with Crippen LogP contribution in [0.5, 0.6) is 0 Å². The van der Waals surface area contributed by atoms with E-state index in [0.29, 0.717) is 25.9 Å². The summed E-state index contributed by atoms with van der Waals surface area (Å²) in [7, 11) is 2.04. The maximum Gasteiger partial charge on any atom is 0.255 e. The minimum absolute atomic E-state index is 0.0223. The van der Waals surface area contributed by atoms with Crippen molar-refractivity contribution in [3.05, 3.63) is 64.2 Å². The molecule has 2 aliphatic heterocycles. The fraction of sp³-hybridized carbons (Fsp3) is 0.391. The summed E-state index contributed by atoms with van der Waals surface area (Å²) in [5, 5.41) is 3.23. The van der Waals surface area contributed by atoms with Crippen molar-refractivity contribution in [2.45, 2.75) is 39.3 Å². The van der Waals surface area contributed by atoms with Gasteiger partial charge in [0.1, 0.15) is 5.66 Å². The van der Waals surface area contributed by atoms with Gasteiger partial charge in [0, 0.05) is 38.5 Å². The maximum atomic E-state index is 13.0. The number of anilines is 1. The fourth-order valence-electron chi connectivity index (χ4n) is 4.54. The van der Waals surface area contributed by atoms with Crippen molar-refractivity contribution in [3.8, 4) is 0 Å². The summed E-state index contributed by atoms with van der Waals surface area (Å²) in [5.74, 6) is 0.0494. The molecule has 5 nitrogen and oxygen atoms in total. The monoisotopic (exact) mass is 377 g/mol. The van der Waals surface area contributed by atoms with E-state index in [1.807, 2.05) is 63.1 Å². The summed E-state index contributed by atoms with van der Waals surface area (Å²) in [5.41, 5.74) is 5.28. The third-order valence-electron chi connectivity index (χ3n) is 6.09. The normalized spacial score (nSPS) is 18.1. The Labute approximate surface area is 166 Å². The minimum atomic E-state index is -0.432. The number of benzene rings is 2. The molecule has 28 heavy (non-hydrogen) atoms. The van der Waals surface area contributed by atoms with E-state index in [-0.39, 0.29) is 11.8 Å². The largest absolute Gasteiger partial charge is 0.351 e. The van der Waals surface area contributed by atoms with E-state index in [1.54, 1.807) is 0 Å². The molecule has 5 heteroatoms. The highest BCUT2D eigenvalue weighted by Gasteiger charge is 2.44. The predicted octanol–water partition coefficient (Wildman–Crippen LogP) is 3.42. The van der Waals surface area contributed by atoms with Gasteiger partial charge in [0.15, 0.2) is 0 Å². The summed E-state index contributed by atoms with van der Waals surface area (Å²) in [6.07, 6.45) is 1.41. The average Bonchev–Trinajstić information content (AvgIpc) is 2.65. The quantitative estimate of drug-likeness (QED) is 0.828. The average molecular weight is 377 g/mol. The van der Waals surface area contributed by atoms with E-state index >= 15 is 0 Å². The molecule has 2 aromatic carbocycles. The summed E-state index contributed by atoms with van der Waals surface area (Å²) in [4.78, 5) is 29.8. The molecule has 1 spiro atoms. The van der Waals surface area contributed by atoms with Crippen LogP contribution in [0.4, 0.5) is 5.69 Å². The van der Waals surface area contributed by atoms with Gasteiger partial charge in [-0.1, -0.05) is 28.8 Å². The highest BCUT2D eigenvalue weighted by atomic mass is 16.2. The number of likely N-dealkylation sites (tertiary alicyclic amines) is 1. The van der Waals surface area contributed by atoms with Gasteiger partial charge in [-0.05, 0) is 45.0 Å². The van der Waals surface area contributed by atoms with Gasteiger partial charge in [-0.3, -0.25) is 9.59 Å². The lowest BCUT2D eigenvalue weighted by atomic mass is 9.89. The molecule has 0 radical (unpaired) electrons. The van der Waals surface area contributed by atoms with Gasteiger partial charge in [0.25, 0.3) is 11.8 Å². The molecule has 0 atom stereocenters. The van der Waals surface area contributed by atoms with Gasteiger partial charge < -0.3 is 15.1 Å². The van der Waals surface area contributed by atoms with Crippen LogP contribution in [0.15, 0.2) is 36.4 Å². The smallest absolute Gasteiger partial charge is 0.255 e. The molecule has 2 heterocycles. The number of carbonyl (C=O) groups excluding carboxylic acids is 2. The predicted molar refractivity (Wildman–Crippen MR) is 111 cm³/mol. The first-order valence-electron chi connectivity index (χ1n) is 9.84. The second-order valence-corrected chi connectivity index (χ2v) is 8.23. The van der Waals surface area contributed by atoms with E-state index in [0.717, 1.165) is 33.5 Å². The molecule has 4 rings (SSSR count). The number of hydrogen-bond donors (Lipinski definition) is 1. The van der Waals surface area contributed by atoms with Crippen molar-refractivity contribution < 1.29 is 9.59 Å². The van der Waals surface area contributed by atoms with Crippen LogP contribution >= 0.6 is 0 Å². The number of hydrogen-bond acceptors (Lipinski definition) is 3. The first-order chi connectivity index (χ1) is 13.3. The van der Waals surface area contributed by atoms with Crippen LogP contribution in [-0.4, -0.2) is 42.5 Å². The SMILES string of the molecule is Cc1cc(C)cc(C(=O)N2CCC3(CC2)NC(=O)c2cc(C)ccc2N3C)c1. The Hall–Kier alpha value is -2.82. The van der Waals surface area contributed by atoms with Crippen LogP contribution in [0.2, 0.25) is 0 Å². The van der Waals surface area contributed by atoms with Crippen LogP contribution < -0.4 is 10.2 Å². The first kappa shape index (κ1) is 18.5. The zero-order valence-corrected chi connectivity index (χ0v) is 17.0. The molecule has 2 aromatic rings. The lowest BCUT2D eigenvalue weighted by Gasteiger charge is -2.51. The summed E-state index contributed by atoms with van der Waals surface area (Å²) >= 11 is 0. The van der Waals surface area contributed by atoms with Crippen molar-refractivity contribution >= 4 is 17.5 Å². The Bertz CT molecular complexity index is 938. The zero-order chi connectivity index (χ0) is 20.1. The number of fused-ring (bicyclic) bond motifs is 1. The maximum absolute atomic E-state index is 13.0. The highest BCUT2D eigenvalue weighted by Crippen LogP contribution is 2.36. The molecule has 0 aliphatic carbocycles. The Morgan fingerprint density at radius 3 is 2.25 bits per heavy atom. The molecular weight excluding hydrogens is 350 g/mol. The number of rotatable bonds is 1. The minimum Gasteiger partial charge on any atom is -0.351 e. The van der Waals surface area contributed by atoms with Gasteiger partial charge in [-0.25, -0.2) is 0 Å². The molecule has 146 valence electrons. The topological polar surface area (TPSA) is 52.7 Å². The zero-order valence-electron chi connectivity index (χ0n) is 17.0. The number of amides is 2. The Morgan fingerprint density at radius 2 is 1.61 bits per heavy atom. The van der Waals surface area contributed by atoms with Crippen molar-refractivity contribution in [1.82, 2.24) is 10.2 Å². The summed E-state index contributed by atoms with van der Waals surface area (Å²) in [6.45, 7) is 7.27. The molecule has 2 amide bonds. The van der Waals surface area contributed by atoms with E-state index in [2.05, 4.69) is 16.3 Å². The number of carbonyl (C=O) groups is 2. The van der Waals surface area contributed by atoms with Gasteiger partial charge in [0.05, 0.1) is 11.3 Å². The van der Waals surface area contributed by atoms with Crippen LogP contribution in [0, 0.1) is 20.8 Å². The number of nitrogens with one attached hydrogen (secondary N) is 1. The molecule has 1 N–H and O–H groups in total. The van der Waals surface area contributed by atoms with Crippen LogP contribution in [0.25, 0.3) is 0 Å². The van der Waals surface area contributed by atoms with Crippen molar-refractivity contribution in [2.75, 3.05) is 25.0 Å². The third-order valence-corrected chi connectivity index (χ3v) is 6.09. The third kappa shape index (κ3) is 3.05. The van der Waals surface area contributed by atoms with Gasteiger partial charge >= 0.3 is 0 Å². The molecule has 1 fully saturated rings. The van der Waals surface area contributed by atoms with Gasteiger partial charge in [-0.2, -0.15) is 0 Å². The number of piperidine rings is 1. The standard InChI is InChI=1S/C23H27N3O2/c1-15-5-6-20-19(14-15)21(27)24-23(25(20)4)7-9-26(10-8-23)22(28)18-12-16(2)11-17(3)13-18/h5-6,11-14H,7-10H2,1-4H3,(H,24,27). The summed E-state index contributed by atoms with van der Waals surface area (Å²) in [6, 6.07) is 12.0. The molecule has 0 aromatic heterocycles. The molecular formula is C23H27N3O2. The van der Waals surface area contributed by atoms with E-state index in [4.69, 9.17) is 0 Å². The van der Waals surface area contributed by atoms with E-state index in [9.17, 15) is 9.59 Å². The van der Waals surface area contributed by atoms with Gasteiger partial charge in [-0.15, -0.1) is 0 Å². The Kier molecular flexibility index (Phi) is 4.41. The lowest BCUT2D eigenvalue weighted by molar-refractivity contribution is 0.0609. The Balaban J connectivity index is 1.54. The second kappa shape index (κ2) is 6.66. The highest BCUT2D eigenvalue weighted by molar-refractivity contribution is 6.02. The number of nitrogens with zero attached hydrogens (tertiary/aromatic N) is 2. The molecule has 2 aliphatic rings. The van der Waals surface area contributed by atoms with E-state index < -0.39 is 5.66 Å². The molecule has 0 saturated carbocycles. The molecule has 0 bridgehead atoms. The molecule has 1 saturated heterocycles. The van der Waals surface area contributed by atoms with Gasteiger partial charge in [0.2, 0.25) is 0 Å². The number of aryl methyl sites for hydroxylation is 3. The van der Waals surface area contributed by atoms with Crippen molar-refractivity contribution in [2.24, 2.45) is 0 Å². The van der Waals surface area contributed by atoms with E-state index in [1.165, 1.54) is 0 Å². The van der Waals surface area contributed by atoms with Crippen LogP contribution in [0.3, 0.4) is 0 Å². The fourth-order valence-corrected chi connectivity index (χ4v) is 4.54. The Morgan fingerprint density at radius 1 is 0.964 bits per heavy atom. The molecule has 0 unspecified atom stereocenters.